The van der Waals surface area contributed by atoms with Gasteiger partial charge in [-0.1, -0.05) is 23.2 Å². The Hall–Kier alpha value is -1.34. The van der Waals surface area contributed by atoms with Gasteiger partial charge in [0, 0.05) is 19.1 Å². The lowest BCUT2D eigenvalue weighted by Gasteiger charge is -2.12. The van der Waals surface area contributed by atoms with E-state index in [0.717, 1.165) is 12.1 Å². The molecule has 0 aromatic heterocycles. The third-order valence-electron chi connectivity index (χ3n) is 1.64. The van der Waals surface area contributed by atoms with Crippen LogP contribution in [0.5, 0.6) is 11.5 Å². The second-order valence-electron chi connectivity index (χ2n) is 3.01. The predicted octanol–water partition coefficient (Wildman–Crippen LogP) is 3.56. The minimum Gasteiger partial charge on any atom is -0.439 e. The van der Waals surface area contributed by atoms with Crippen molar-refractivity contribution in [2.75, 3.05) is 0 Å². The standard InChI is InChI=1S/C9H7Cl2F3N2O2/c1-4(16-15)17-8-6(10)2-5(3-7(8)11)18-9(12,13)14/h2-3H,15H2,1H3. The molecule has 0 atom stereocenters. The van der Waals surface area contributed by atoms with Crippen LogP contribution in [0.3, 0.4) is 0 Å². The minimum atomic E-state index is -4.83. The van der Waals surface area contributed by atoms with E-state index in [4.69, 9.17) is 33.8 Å². The Kier molecular flexibility index (Phi) is 4.53. The number of ether oxygens (including phenoxy) is 2. The molecule has 100 valence electrons. The van der Waals surface area contributed by atoms with Crippen molar-refractivity contribution in [2.45, 2.75) is 13.3 Å². The van der Waals surface area contributed by atoms with Gasteiger partial charge in [0.15, 0.2) is 5.75 Å². The normalized spacial score (nSPS) is 12.4. The second kappa shape index (κ2) is 5.53. The molecule has 2 N–H and O–H groups in total. The number of alkyl halides is 3. The summed E-state index contributed by atoms with van der Waals surface area (Å²) in [6, 6.07) is 1.83. The van der Waals surface area contributed by atoms with Crippen molar-refractivity contribution in [3.05, 3.63) is 22.2 Å². The van der Waals surface area contributed by atoms with Crippen LogP contribution in [0.1, 0.15) is 6.92 Å². The largest absolute Gasteiger partial charge is 0.573 e. The highest BCUT2D eigenvalue weighted by molar-refractivity contribution is 6.37. The van der Waals surface area contributed by atoms with Gasteiger partial charge >= 0.3 is 6.36 Å². The molecule has 0 unspecified atom stereocenters. The van der Waals surface area contributed by atoms with Crippen LogP contribution < -0.4 is 15.3 Å². The lowest BCUT2D eigenvalue weighted by molar-refractivity contribution is -0.274. The highest BCUT2D eigenvalue weighted by Crippen LogP contribution is 2.38. The first-order chi connectivity index (χ1) is 8.23. The molecule has 0 aliphatic carbocycles. The molecule has 0 aliphatic rings. The van der Waals surface area contributed by atoms with E-state index in [-0.39, 0.29) is 21.7 Å². The van der Waals surface area contributed by atoms with E-state index in [9.17, 15) is 13.2 Å². The van der Waals surface area contributed by atoms with Crippen LogP contribution in [0.25, 0.3) is 0 Å². The first-order valence-corrected chi connectivity index (χ1v) is 5.15. The monoisotopic (exact) mass is 302 g/mol. The maximum Gasteiger partial charge on any atom is 0.573 e. The smallest absolute Gasteiger partial charge is 0.439 e. The Morgan fingerprint density at radius 2 is 1.78 bits per heavy atom. The first kappa shape index (κ1) is 14.7. The zero-order chi connectivity index (χ0) is 13.9. The van der Waals surface area contributed by atoms with Crippen LogP contribution in [0, 0.1) is 0 Å². The molecule has 0 radical (unpaired) electrons. The van der Waals surface area contributed by atoms with Gasteiger partial charge in [0.1, 0.15) is 5.75 Å². The van der Waals surface area contributed by atoms with Crippen molar-refractivity contribution in [1.82, 2.24) is 0 Å². The molecule has 4 nitrogen and oxygen atoms in total. The predicted molar refractivity (Wildman–Crippen MR) is 61.1 cm³/mol. The first-order valence-electron chi connectivity index (χ1n) is 4.40. The lowest BCUT2D eigenvalue weighted by Crippen LogP contribution is -2.17. The van der Waals surface area contributed by atoms with Gasteiger partial charge in [0.05, 0.1) is 10.0 Å². The van der Waals surface area contributed by atoms with E-state index in [1.807, 2.05) is 0 Å². The molecule has 1 rings (SSSR count). The maximum atomic E-state index is 12.0. The third-order valence-corrected chi connectivity index (χ3v) is 2.20. The van der Waals surface area contributed by atoms with Gasteiger partial charge in [-0.3, -0.25) is 0 Å². The summed E-state index contributed by atoms with van der Waals surface area (Å²) < 4.78 is 44.7. The quantitative estimate of drug-likeness (QED) is 0.393. The lowest BCUT2D eigenvalue weighted by atomic mass is 10.3. The molecule has 0 heterocycles. The summed E-state index contributed by atoms with van der Waals surface area (Å²) in [5.74, 6) is 4.38. The Morgan fingerprint density at radius 3 is 2.17 bits per heavy atom. The number of nitrogens with zero attached hydrogens (tertiary/aromatic N) is 1. The average Bonchev–Trinajstić information content (AvgIpc) is 2.20. The number of benzene rings is 1. The van der Waals surface area contributed by atoms with Gasteiger partial charge in [0.25, 0.3) is 0 Å². The van der Waals surface area contributed by atoms with Crippen molar-refractivity contribution >= 4 is 29.1 Å². The summed E-state index contributed by atoms with van der Waals surface area (Å²) in [7, 11) is 0. The molecular weight excluding hydrogens is 296 g/mol. The molecule has 0 aliphatic heterocycles. The molecule has 1 aromatic carbocycles. The van der Waals surface area contributed by atoms with Crippen molar-refractivity contribution in [3.8, 4) is 11.5 Å². The molecule has 0 amide bonds. The zero-order valence-corrected chi connectivity index (χ0v) is 10.4. The molecule has 18 heavy (non-hydrogen) atoms. The number of hydrogen-bond donors (Lipinski definition) is 1. The van der Waals surface area contributed by atoms with Crippen LogP contribution in [0.15, 0.2) is 17.2 Å². The van der Waals surface area contributed by atoms with E-state index in [1.165, 1.54) is 6.92 Å². The third kappa shape index (κ3) is 4.15. The molecule has 9 heteroatoms. The highest BCUT2D eigenvalue weighted by Gasteiger charge is 2.31. The number of halogens is 5. The minimum absolute atomic E-state index is 0.0447. The van der Waals surface area contributed by atoms with E-state index in [1.54, 1.807) is 0 Å². The van der Waals surface area contributed by atoms with E-state index < -0.39 is 12.1 Å². The fraction of sp³-hybridized carbons (Fsp3) is 0.222. The zero-order valence-electron chi connectivity index (χ0n) is 8.89. The number of nitrogens with two attached hydrogens (primary N) is 1. The van der Waals surface area contributed by atoms with Crippen LogP contribution in [0.4, 0.5) is 13.2 Å². The van der Waals surface area contributed by atoms with Crippen LogP contribution in [0.2, 0.25) is 10.0 Å². The van der Waals surface area contributed by atoms with Crippen LogP contribution >= 0.6 is 23.2 Å². The van der Waals surface area contributed by atoms with Crippen LogP contribution in [-0.4, -0.2) is 12.3 Å². The highest BCUT2D eigenvalue weighted by atomic mass is 35.5. The van der Waals surface area contributed by atoms with Crippen molar-refractivity contribution in [1.29, 1.82) is 0 Å². The second-order valence-corrected chi connectivity index (χ2v) is 3.83. The summed E-state index contributed by atoms with van der Waals surface area (Å²) in [6.07, 6.45) is -4.83. The average molecular weight is 303 g/mol. The Bertz CT molecular complexity index is 454. The Labute approximate surface area is 110 Å². The van der Waals surface area contributed by atoms with Crippen molar-refractivity contribution in [2.24, 2.45) is 10.9 Å². The van der Waals surface area contributed by atoms with Gasteiger partial charge in [-0.2, -0.15) is 0 Å². The SMILES string of the molecule is CC(=NN)Oc1c(Cl)cc(OC(F)(F)F)cc1Cl. The molecule has 1 aromatic rings. The summed E-state index contributed by atoms with van der Waals surface area (Å²) in [4.78, 5) is 0. The fourth-order valence-corrected chi connectivity index (χ4v) is 1.54. The molecule has 0 spiro atoms. The topological polar surface area (TPSA) is 56.8 Å². The number of rotatable bonds is 2. The molecule has 0 bridgehead atoms. The van der Waals surface area contributed by atoms with Gasteiger partial charge < -0.3 is 15.3 Å². The fourth-order valence-electron chi connectivity index (χ4n) is 1.00. The number of hydrazone groups is 1. The summed E-state index contributed by atoms with van der Waals surface area (Å²) >= 11 is 11.4. The number of hydrogen-bond acceptors (Lipinski definition) is 4. The summed E-state index contributed by atoms with van der Waals surface area (Å²) in [6.45, 7) is 1.42. The van der Waals surface area contributed by atoms with E-state index in [2.05, 4.69) is 9.84 Å². The Balaban J connectivity index is 3.05. The van der Waals surface area contributed by atoms with E-state index >= 15 is 0 Å². The molecule has 0 fully saturated rings. The van der Waals surface area contributed by atoms with Gasteiger partial charge in [-0.25, -0.2) is 0 Å². The molecular formula is C9H7Cl2F3N2O2. The summed E-state index contributed by atoms with van der Waals surface area (Å²) in [5.41, 5.74) is 0. The maximum absolute atomic E-state index is 12.0. The van der Waals surface area contributed by atoms with Gasteiger partial charge in [-0.15, -0.1) is 18.3 Å². The van der Waals surface area contributed by atoms with Crippen molar-refractivity contribution in [3.63, 3.8) is 0 Å². The van der Waals surface area contributed by atoms with Crippen LogP contribution in [-0.2, 0) is 0 Å². The van der Waals surface area contributed by atoms with Crippen molar-refractivity contribution < 1.29 is 22.6 Å². The molecule has 0 saturated heterocycles. The Morgan fingerprint density at radius 1 is 1.28 bits per heavy atom. The van der Waals surface area contributed by atoms with E-state index in [0.29, 0.717) is 0 Å². The van der Waals surface area contributed by atoms with Gasteiger partial charge in [-0.05, 0) is 0 Å². The van der Waals surface area contributed by atoms with Gasteiger partial charge in [0.2, 0.25) is 5.90 Å². The summed E-state index contributed by atoms with van der Waals surface area (Å²) in [5, 5.41) is 2.89. The molecule has 0 saturated carbocycles.